The van der Waals surface area contributed by atoms with Crippen molar-refractivity contribution in [2.24, 2.45) is 5.10 Å². The molecule has 0 aliphatic carbocycles. The molecule has 0 radical (unpaired) electrons. The third-order valence-corrected chi connectivity index (χ3v) is 4.63. The van der Waals surface area contributed by atoms with E-state index < -0.39 is 30.0 Å². The molecule has 0 spiro atoms. The predicted octanol–water partition coefficient (Wildman–Crippen LogP) is 4.63. The van der Waals surface area contributed by atoms with Crippen molar-refractivity contribution in [2.75, 3.05) is 5.32 Å². The Morgan fingerprint density at radius 3 is 2.51 bits per heavy atom. The van der Waals surface area contributed by atoms with Crippen molar-refractivity contribution < 1.29 is 27.5 Å². The average molecular weight is 480 g/mol. The molecule has 0 aliphatic rings. The van der Waals surface area contributed by atoms with Crippen molar-refractivity contribution in [2.45, 2.75) is 19.2 Å². The van der Waals surface area contributed by atoms with Crippen molar-refractivity contribution in [3.63, 3.8) is 0 Å². The van der Waals surface area contributed by atoms with Crippen molar-refractivity contribution in [1.29, 1.82) is 5.26 Å². The third kappa shape index (κ3) is 7.43. The number of ether oxygens (including phenoxy) is 1. The molecule has 0 bridgehead atoms. The summed E-state index contributed by atoms with van der Waals surface area (Å²) in [5.74, 6) is -1.09. The number of nitrogens with one attached hydrogen (secondary N) is 2. The number of nitriles is 1. The van der Waals surface area contributed by atoms with Crippen LogP contribution >= 0.6 is 0 Å². The van der Waals surface area contributed by atoms with E-state index in [0.29, 0.717) is 22.4 Å². The summed E-state index contributed by atoms with van der Waals surface area (Å²) >= 11 is 0. The number of amides is 2. The fourth-order valence-electron chi connectivity index (χ4n) is 2.97. The number of carbonyl (C=O) groups excluding carboxylic acids is 2. The fourth-order valence-corrected chi connectivity index (χ4v) is 2.97. The van der Waals surface area contributed by atoms with E-state index in [9.17, 15) is 28.0 Å². The van der Waals surface area contributed by atoms with Gasteiger partial charge in [0.1, 0.15) is 18.8 Å². The molecule has 0 heterocycles. The highest BCUT2D eigenvalue weighted by atomic mass is 19.4. The van der Waals surface area contributed by atoms with E-state index >= 15 is 0 Å². The molecular weight excluding hydrogens is 461 g/mol. The molecule has 3 rings (SSSR count). The third-order valence-electron chi connectivity index (χ3n) is 4.63. The van der Waals surface area contributed by atoms with Gasteiger partial charge < -0.3 is 10.1 Å². The lowest BCUT2D eigenvalue weighted by atomic mass is 10.1. The molecule has 7 nitrogen and oxygen atoms in total. The topological polar surface area (TPSA) is 104 Å². The van der Waals surface area contributed by atoms with Crippen LogP contribution in [0.2, 0.25) is 0 Å². The zero-order valence-electron chi connectivity index (χ0n) is 18.2. The lowest BCUT2D eigenvalue weighted by molar-refractivity contribution is -0.137. The van der Waals surface area contributed by atoms with Gasteiger partial charge in [-0.25, -0.2) is 5.43 Å². The number of hydrogen-bond acceptors (Lipinski definition) is 5. The number of para-hydroxylation sites is 1. The predicted molar refractivity (Wildman–Crippen MR) is 122 cm³/mol. The number of nitrogens with zero attached hydrogens (tertiary/aromatic N) is 2. The molecule has 0 atom stereocenters. The number of anilines is 1. The minimum atomic E-state index is -4.55. The van der Waals surface area contributed by atoms with Crippen molar-refractivity contribution in [3.8, 4) is 11.8 Å². The standard InChI is InChI=1S/C25H19F3N4O3/c26-25(27,28)20-9-5-10-21(12-20)31-23(33)13-24(34)32-30-15-18-7-3-4-11-22(18)35-16-19-8-2-1-6-17(19)14-29/h1-12,15H,13,16H2,(H,31,33)(H,32,34). The quantitative estimate of drug-likeness (QED) is 0.279. The molecule has 2 N–H and O–H groups in total. The van der Waals surface area contributed by atoms with E-state index in [1.54, 1.807) is 48.5 Å². The van der Waals surface area contributed by atoms with Gasteiger partial charge in [-0.05, 0) is 36.4 Å². The Hall–Kier alpha value is -4.65. The van der Waals surface area contributed by atoms with Crippen LogP contribution in [0.3, 0.4) is 0 Å². The summed E-state index contributed by atoms with van der Waals surface area (Å²) in [6.07, 6.45) is -3.86. The van der Waals surface area contributed by atoms with Crippen LogP contribution in [0.25, 0.3) is 0 Å². The summed E-state index contributed by atoms with van der Waals surface area (Å²) in [5, 5.41) is 15.2. The van der Waals surface area contributed by atoms with E-state index in [4.69, 9.17) is 4.74 Å². The maximum Gasteiger partial charge on any atom is 0.416 e. The zero-order chi connectivity index (χ0) is 25.3. The molecule has 3 aromatic carbocycles. The highest BCUT2D eigenvalue weighted by Crippen LogP contribution is 2.30. The Morgan fingerprint density at radius 1 is 1.00 bits per heavy atom. The Balaban J connectivity index is 1.54. The Labute approximate surface area is 198 Å². The van der Waals surface area contributed by atoms with Gasteiger partial charge in [0, 0.05) is 16.8 Å². The minimum absolute atomic E-state index is 0.0785. The number of hydrogen-bond donors (Lipinski definition) is 2. The molecule has 178 valence electrons. The molecule has 0 aromatic heterocycles. The van der Waals surface area contributed by atoms with Crippen LogP contribution < -0.4 is 15.5 Å². The van der Waals surface area contributed by atoms with Crippen LogP contribution in [0.15, 0.2) is 77.9 Å². The van der Waals surface area contributed by atoms with Crippen LogP contribution in [-0.4, -0.2) is 18.0 Å². The second-order valence-electron chi connectivity index (χ2n) is 7.19. The highest BCUT2D eigenvalue weighted by molar-refractivity contribution is 6.03. The number of carbonyl (C=O) groups is 2. The SMILES string of the molecule is N#Cc1ccccc1COc1ccccc1C=NNC(=O)CC(=O)Nc1cccc(C(F)(F)F)c1. The van der Waals surface area contributed by atoms with E-state index in [0.717, 1.165) is 18.2 Å². The van der Waals surface area contributed by atoms with Crippen LogP contribution in [0, 0.1) is 11.3 Å². The van der Waals surface area contributed by atoms with E-state index in [2.05, 4.69) is 21.9 Å². The van der Waals surface area contributed by atoms with Gasteiger partial charge >= 0.3 is 6.18 Å². The fraction of sp³-hybridized carbons (Fsp3) is 0.120. The van der Waals surface area contributed by atoms with Crippen LogP contribution in [-0.2, 0) is 22.4 Å². The maximum atomic E-state index is 12.8. The zero-order valence-corrected chi connectivity index (χ0v) is 18.2. The van der Waals surface area contributed by atoms with Crippen LogP contribution in [0.5, 0.6) is 5.75 Å². The first kappa shape index (κ1) is 25.0. The van der Waals surface area contributed by atoms with Gasteiger partial charge in [0.25, 0.3) is 0 Å². The number of hydrazone groups is 1. The normalized spacial score (nSPS) is 11.0. The first-order chi connectivity index (χ1) is 16.8. The monoisotopic (exact) mass is 480 g/mol. The average Bonchev–Trinajstić information content (AvgIpc) is 2.83. The van der Waals surface area contributed by atoms with E-state index in [1.807, 2.05) is 0 Å². The molecule has 10 heteroatoms. The molecular formula is C25H19F3N4O3. The Bertz CT molecular complexity index is 1280. The van der Waals surface area contributed by atoms with Gasteiger partial charge in [-0.3, -0.25) is 9.59 Å². The largest absolute Gasteiger partial charge is 0.488 e. The number of rotatable bonds is 8. The molecule has 0 aliphatic heterocycles. The van der Waals surface area contributed by atoms with Gasteiger partial charge in [0.15, 0.2) is 0 Å². The second-order valence-corrected chi connectivity index (χ2v) is 7.19. The lowest BCUT2D eigenvalue weighted by Gasteiger charge is -2.10. The summed E-state index contributed by atoms with van der Waals surface area (Å²) in [6, 6.07) is 20.1. The van der Waals surface area contributed by atoms with Gasteiger partial charge in [-0.15, -0.1) is 0 Å². The molecule has 0 saturated heterocycles. The first-order valence-corrected chi connectivity index (χ1v) is 10.2. The van der Waals surface area contributed by atoms with E-state index in [-0.39, 0.29) is 12.3 Å². The Kier molecular flexibility index (Phi) is 8.19. The Morgan fingerprint density at radius 2 is 1.74 bits per heavy atom. The van der Waals surface area contributed by atoms with Gasteiger partial charge in [-0.1, -0.05) is 36.4 Å². The van der Waals surface area contributed by atoms with Crippen LogP contribution in [0.1, 0.15) is 28.7 Å². The lowest BCUT2D eigenvalue weighted by Crippen LogP contribution is -2.24. The van der Waals surface area contributed by atoms with Crippen molar-refractivity contribution in [1.82, 2.24) is 5.43 Å². The summed E-state index contributed by atoms with van der Waals surface area (Å²) in [6.45, 7) is 0.149. The molecule has 3 aromatic rings. The molecule has 2 amide bonds. The number of halogens is 3. The number of benzene rings is 3. The van der Waals surface area contributed by atoms with Gasteiger partial charge in [-0.2, -0.15) is 23.5 Å². The van der Waals surface area contributed by atoms with Gasteiger partial charge in [0.2, 0.25) is 11.8 Å². The van der Waals surface area contributed by atoms with E-state index in [1.165, 1.54) is 12.3 Å². The molecule has 0 unspecified atom stereocenters. The minimum Gasteiger partial charge on any atom is -0.488 e. The molecule has 35 heavy (non-hydrogen) atoms. The van der Waals surface area contributed by atoms with Gasteiger partial charge in [0.05, 0.1) is 23.4 Å². The molecule has 0 saturated carbocycles. The van der Waals surface area contributed by atoms with Crippen LogP contribution in [0.4, 0.5) is 18.9 Å². The summed E-state index contributed by atoms with van der Waals surface area (Å²) < 4.78 is 44.1. The first-order valence-electron chi connectivity index (χ1n) is 10.2. The highest BCUT2D eigenvalue weighted by Gasteiger charge is 2.30. The summed E-state index contributed by atoms with van der Waals surface area (Å²) in [7, 11) is 0. The molecule has 0 fully saturated rings. The maximum absolute atomic E-state index is 12.8. The summed E-state index contributed by atoms with van der Waals surface area (Å²) in [4.78, 5) is 24.0. The summed E-state index contributed by atoms with van der Waals surface area (Å²) in [5.41, 5.74) is 2.94. The smallest absolute Gasteiger partial charge is 0.416 e. The van der Waals surface area contributed by atoms with Crippen molar-refractivity contribution in [3.05, 3.63) is 95.1 Å². The van der Waals surface area contributed by atoms with Crippen molar-refractivity contribution >= 4 is 23.7 Å². The number of alkyl halides is 3. The second kappa shape index (κ2) is 11.5.